The number of rotatable bonds is 2. The summed E-state index contributed by atoms with van der Waals surface area (Å²) in [6.07, 6.45) is 0. The van der Waals surface area contributed by atoms with E-state index in [4.69, 9.17) is 4.74 Å². The van der Waals surface area contributed by atoms with Crippen LogP contribution in [0.25, 0.3) is 11.2 Å². The minimum atomic E-state index is -0.387. The van der Waals surface area contributed by atoms with Crippen molar-refractivity contribution in [3.63, 3.8) is 0 Å². The Balaban J connectivity index is 2.26. The molecule has 0 aliphatic heterocycles. The Labute approximate surface area is 126 Å². The lowest BCUT2D eigenvalue weighted by Gasteiger charge is -2.03. The molecule has 0 aliphatic carbocycles. The predicted molar refractivity (Wildman–Crippen MR) is 81.2 cm³/mol. The van der Waals surface area contributed by atoms with E-state index in [2.05, 4.69) is 4.98 Å². The van der Waals surface area contributed by atoms with Crippen molar-refractivity contribution in [2.45, 2.75) is 6.92 Å². The number of nitrogens with one attached hydrogen (secondary N) is 1. The van der Waals surface area contributed by atoms with E-state index < -0.39 is 0 Å². The second kappa shape index (κ2) is 4.87. The fourth-order valence-corrected chi connectivity index (χ4v) is 2.43. The Morgan fingerprint density at radius 1 is 1.14 bits per heavy atom. The third-order valence-corrected chi connectivity index (χ3v) is 3.81. The zero-order chi connectivity index (χ0) is 16.0. The molecule has 0 saturated carbocycles. The Hall–Kier alpha value is -2.83. The summed E-state index contributed by atoms with van der Waals surface area (Å²) >= 11 is 0. The first kappa shape index (κ1) is 14.1. The number of nitrogens with zero attached hydrogens (tertiary/aromatic N) is 3. The largest absolute Gasteiger partial charge is 0.461 e. The summed E-state index contributed by atoms with van der Waals surface area (Å²) in [7, 11) is 4.79. The molecular formula is C15H17N4O3+. The SMILES string of the molecule is Cc1ccccc1Oc1[nH]c2c(c(=O)n(C)c(=O)n2C)[n+]1C. The number of benzene rings is 1. The normalized spacial score (nSPS) is 11.1. The molecule has 3 rings (SSSR count). The van der Waals surface area contributed by atoms with Crippen molar-refractivity contribution in [2.75, 3.05) is 0 Å². The van der Waals surface area contributed by atoms with Gasteiger partial charge in [0.1, 0.15) is 5.75 Å². The monoisotopic (exact) mass is 301 g/mol. The number of fused-ring (bicyclic) bond motifs is 1. The smallest absolute Gasteiger partial charge is 0.391 e. The second-order valence-electron chi connectivity index (χ2n) is 5.26. The van der Waals surface area contributed by atoms with Crippen LogP contribution in [0.2, 0.25) is 0 Å². The molecule has 0 aliphatic rings. The van der Waals surface area contributed by atoms with Gasteiger partial charge in [0.25, 0.3) is 11.2 Å². The molecule has 0 atom stereocenters. The standard InChI is InChI=1S/C15H16N4O3/c1-9-7-5-6-8-10(9)22-14-16-12-11(17(14)2)13(20)19(4)15(21)18(12)3/h5-8H,1-4H3/p+1. The van der Waals surface area contributed by atoms with Crippen molar-refractivity contribution in [1.29, 1.82) is 0 Å². The first-order chi connectivity index (χ1) is 10.4. The third-order valence-electron chi connectivity index (χ3n) is 3.81. The van der Waals surface area contributed by atoms with E-state index in [0.717, 1.165) is 10.1 Å². The van der Waals surface area contributed by atoms with Crippen molar-refractivity contribution in [1.82, 2.24) is 14.1 Å². The Morgan fingerprint density at radius 3 is 2.50 bits per heavy atom. The highest BCUT2D eigenvalue weighted by atomic mass is 16.5. The van der Waals surface area contributed by atoms with E-state index in [1.165, 1.54) is 11.6 Å². The highest BCUT2D eigenvalue weighted by Crippen LogP contribution is 2.22. The molecular weight excluding hydrogens is 284 g/mol. The van der Waals surface area contributed by atoms with Crippen LogP contribution in [0.1, 0.15) is 5.56 Å². The Morgan fingerprint density at radius 2 is 1.82 bits per heavy atom. The third kappa shape index (κ3) is 1.93. The van der Waals surface area contributed by atoms with Crippen LogP contribution in [0, 0.1) is 6.92 Å². The molecule has 114 valence electrons. The highest BCUT2D eigenvalue weighted by molar-refractivity contribution is 5.66. The zero-order valence-electron chi connectivity index (χ0n) is 12.9. The summed E-state index contributed by atoms with van der Waals surface area (Å²) in [5.74, 6) is 0.687. The summed E-state index contributed by atoms with van der Waals surface area (Å²) in [6, 6.07) is 7.97. The lowest BCUT2D eigenvalue weighted by molar-refractivity contribution is -0.650. The van der Waals surface area contributed by atoms with Crippen LogP contribution in [0.4, 0.5) is 0 Å². The van der Waals surface area contributed by atoms with E-state index in [9.17, 15) is 9.59 Å². The van der Waals surface area contributed by atoms with Crippen LogP contribution >= 0.6 is 0 Å². The fraction of sp³-hybridized carbons (Fsp3) is 0.267. The molecule has 0 spiro atoms. The molecule has 0 fully saturated rings. The van der Waals surface area contributed by atoms with Gasteiger partial charge in [0.2, 0.25) is 0 Å². The number of hydrogen-bond acceptors (Lipinski definition) is 3. The average Bonchev–Trinajstić information content (AvgIpc) is 2.82. The molecule has 7 nitrogen and oxygen atoms in total. The molecule has 0 unspecified atom stereocenters. The molecule has 2 aromatic heterocycles. The first-order valence-corrected chi connectivity index (χ1v) is 6.83. The number of hydrogen-bond donors (Lipinski definition) is 1. The van der Waals surface area contributed by atoms with E-state index in [0.29, 0.717) is 22.9 Å². The zero-order valence-corrected chi connectivity index (χ0v) is 12.9. The minimum Gasteiger partial charge on any atom is -0.391 e. The van der Waals surface area contributed by atoms with Gasteiger partial charge in [-0.3, -0.25) is 13.9 Å². The maximum absolute atomic E-state index is 12.3. The highest BCUT2D eigenvalue weighted by Gasteiger charge is 2.25. The number of aromatic amines is 1. The van der Waals surface area contributed by atoms with E-state index >= 15 is 0 Å². The van der Waals surface area contributed by atoms with Crippen molar-refractivity contribution < 1.29 is 9.30 Å². The van der Waals surface area contributed by atoms with Gasteiger partial charge in [-0.25, -0.2) is 4.79 Å². The van der Waals surface area contributed by atoms with E-state index in [1.807, 2.05) is 31.2 Å². The van der Waals surface area contributed by atoms with Crippen LogP contribution in [0.5, 0.6) is 11.8 Å². The number of imidazole rings is 1. The van der Waals surface area contributed by atoms with Gasteiger partial charge in [0.15, 0.2) is 0 Å². The number of aryl methyl sites for hydroxylation is 3. The number of ether oxygens (including phenoxy) is 1. The van der Waals surface area contributed by atoms with Gasteiger partial charge >= 0.3 is 17.3 Å². The quantitative estimate of drug-likeness (QED) is 0.700. The number of H-pyrrole nitrogens is 1. The molecule has 1 N–H and O–H groups in total. The molecule has 0 radical (unpaired) electrons. The molecule has 7 heteroatoms. The van der Waals surface area contributed by atoms with Crippen LogP contribution in [-0.2, 0) is 21.1 Å². The summed E-state index contributed by atoms with van der Waals surface area (Å²) in [5, 5.41) is 0. The molecule has 3 aromatic rings. The lowest BCUT2D eigenvalue weighted by Crippen LogP contribution is -2.42. The van der Waals surface area contributed by atoms with Crippen LogP contribution < -0.4 is 20.6 Å². The molecule has 22 heavy (non-hydrogen) atoms. The topological polar surface area (TPSA) is 72.9 Å². The van der Waals surface area contributed by atoms with Gasteiger partial charge in [-0.05, 0) is 18.6 Å². The fourth-order valence-electron chi connectivity index (χ4n) is 2.43. The summed E-state index contributed by atoms with van der Waals surface area (Å²) < 4.78 is 9.94. The van der Waals surface area contributed by atoms with Crippen LogP contribution in [-0.4, -0.2) is 14.1 Å². The van der Waals surface area contributed by atoms with Crippen molar-refractivity contribution in [3.8, 4) is 11.8 Å². The Kier molecular flexibility index (Phi) is 3.13. The van der Waals surface area contributed by atoms with Crippen molar-refractivity contribution in [2.24, 2.45) is 21.1 Å². The predicted octanol–water partition coefficient (Wildman–Crippen LogP) is 0.491. The second-order valence-corrected chi connectivity index (χ2v) is 5.26. The maximum Gasteiger partial charge on any atom is 0.461 e. The van der Waals surface area contributed by atoms with Gasteiger partial charge in [0, 0.05) is 14.1 Å². The van der Waals surface area contributed by atoms with Gasteiger partial charge in [-0.2, -0.15) is 9.55 Å². The summed E-state index contributed by atoms with van der Waals surface area (Å²) in [6.45, 7) is 1.94. The van der Waals surface area contributed by atoms with Gasteiger partial charge in [-0.15, -0.1) is 0 Å². The van der Waals surface area contributed by atoms with Gasteiger partial charge in [0.05, 0.1) is 7.05 Å². The molecule has 0 amide bonds. The van der Waals surface area contributed by atoms with E-state index in [1.54, 1.807) is 18.7 Å². The van der Waals surface area contributed by atoms with Gasteiger partial charge in [-0.1, -0.05) is 18.2 Å². The first-order valence-electron chi connectivity index (χ1n) is 6.83. The van der Waals surface area contributed by atoms with Crippen molar-refractivity contribution in [3.05, 3.63) is 50.7 Å². The van der Waals surface area contributed by atoms with E-state index in [-0.39, 0.29) is 11.2 Å². The number of para-hydroxylation sites is 1. The van der Waals surface area contributed by atoms with Crippen molar-refractivity contribution >= 4 is 11.2 Å². The Bertz CT molecular complexity index is 994. The lowest BCUT2D eigenvalue weighted by atomic mass is 10.2. The molecule has 2 heterocycles. The molecule has 0 bridgehead atoms. The van der Waals surface area contributed by atoms with Gasteiger partial charge < -0.3 is 4.74 Å². The maximum atomic E-state index is 12.3. The van der Waals surface area contributed by atoms with Crippen LogP contribution in [0.3, 0.4) is 0 Å². The summed E-state index contributed by atoms with van der Waals surface area (Å²) in [5.41, 5.74) is 1.04. The van der Waals surface area contributed by atoms with Crippen LogP contribution in [0.15, 0.2) is 33.9 Å². The summed E-state index contributed by atoms with van der Waals surface area (Å²) in [4.78, 5) is 27.3. The number of aromatic nitrogens is 4. The molecule has 0 saturated heterocycles. The average molecular weight is 301 g/mol. The minimum absolute atomic E-state index is 0.364. The molecule has 1 aromatic carbocycles.